The number of benzene rings is 1. The zero-order valence-corrected chi connectivity index (χ0v) is 13.9. The minimum absolute atomic E-state index is 0.0112. The molecule has 1 heterocycles. The Balaban J connectivity index is 2.02. The highest BCUT2D eigenvalue weighted by atomic mass is 79.9. The van der Waals surface area contributed by atoms with Crippen molar-refractivity contribution in [3.8, 4) is 0 Å². The van der Waals surface area contributed by atoms with Gasteiger partial charge >= 0.3 is 0 Å². The molecule has 0 bridgehead atoms. The molecule has 3 rings (SSSR count). The molecule has 4 nitrogen and oxygen atoms in total. The lowest BCUT2D eigenvalue weighted by atomic mass is 9.93. The number of anilines is 1. The standard InChI is InChI=1S/C16H19BrN2O2/c1-10-3-6-12(17)9-13(10)19-8-7-14(20)18-16(2,15(19)21)11-4-5-11/h3,6,9,11H,4-5,7-8H2,1-2H3,(H,18,20). The summed E-state index contributed by atoms with van der Waals surface area (Å²) in [6.07, 6.45) is 2.36. The molecule has 2 amide bonds. The fourth-order valence-electron chi connectivity index (χ4n) is 3.04. The number of nitrogens with zero attached hydrogens (tertiary/aromatic N) is 1. The van der Waals surface area contributed by atoms with E-state index >= 15 is 0 Å². The lowest BCUT2D eigenvalue weighted by molar-refractivity contribution is -0.130. The van der Waals surface area contributed by atoms with E-state index in [0.717, 1.165) is 28.6 Å². The van der Waals surface area contributed by atoms with Crippen molar-refractivity contribution >= 4 is 33.4 Å². The molecule has 1 aromatic rings. The number of aryl methyl sites for hydroxylation is 1. The topological polar surface area (TPSA) is 49.4 Å². The van der Waals surface area contributed by atoms with Crippen LogP contribution in [0.15, 0.2) is 22.7 Å². The molecule has 1 N–H and O–H groups in total. The molecule has 21 heavy (non-hydrogen) atoms. The number of hydrogen-bond donors (Lipinski definition) is 1. The van der Waals surface area contributed by atoms with Crippen LogP contribution in [0, 0.1) is 12.8 Å². The molecule has 1 aromatic carbocycles. The van der Waals surface area contributed by atoms with Crippen LogP contribution in [0.2, 0.25) is 0 Å². The molecular formula is C16H19BrN2O2. The molecule has 1 aliphatic heterocycles. The zero-order valence-electron chi connectivity index (χ0n) is 12.3. The number of hydrogen-bond acceptors (Lipinski definition) is 2. The summed E-state index contributed by atoms with van der Waals surface area (Å²) >= 11 is 3.46. The molecular weight excluding hydrogens is 332 g/mol. The van der Waals surface area contributed by atoms with Crippen molar-refractivity contribution in [2.75, 3.05) is 11.4 Å². The minimum atomic E-state index is -0.762. The Kier molecular flexibility index (Phi) is 3.56. The summed E-state index contributed by atoms with van der Waals surface area (Å²) < 4.78 is 0.938. The van der Waals surface area contributed by atoms with Crippen LogP contribution in [0.4, 0.5) is 5.69 Å². The summed E-state index contributed by atoms with van der Waals surface area (Å²) in [6.45, 7) is 4.30. The number of carbonyl (C=O) groups is 2. The molecule has 1 aliphatic carbocycles. The van der Waals surface area contributed by atoms with Crippen LogP contribution < -0.4 is 10.2 Å². The highest BCUT2D eigenvalue weighted by Crippen LogP contribution is 2.42. The Bertz CT molecular complexity index is 612. The Morgan fingerprint density at radius 3 is 2.71 bits per heavy atom. The number of nitrogens with one attached hydrogen (secondary N) is 1. The van der Waals surface area contributed by atoms with Gasteiger partial charge in [-0.3, -0.25) is 9.59 Å². The number of rotatable bonds is 2. The van der Waals surface area contributed by atoms with Crippen molar-refractivity contribution in [3.63, 3.8) is 0 Å². The van der Waals surface area contributed by atoms with Crippen molar-refractivity contribution in [1.82, 2.24) is 5.32 Å². The van der Waals surface area contributed by atoms with Gasteiger partial charge < -0.3 is 10.2 Å². The van der Waals surface area contributed by atoms with Crippen LogP contribution >= 0.6 is 15.9 Å². The van der Waals surface area contributed by atoms with Crippen molar-refractivity contribution in [2.45, 2.75) is 38.6 Å². The SMILES string of the molecule is Cc1ccc(Br)cc1N1CCC(=O)NC(C)(C2CC2)C1=O. The fraction of sp³-hybridized carbons (Fsp3) is 0.500. The molecule has 0 aromatic heterocycles. The molecule has 1 unspecified atom stereocenters. The minimum Gasteiger partial charge on any atom is -0.342 e. The number of amides is 2. The average Bonchev–Trinajstić information content (AvgIpc) is 3.26. The van der Waals surface area contributed by atoms with Crippen LogP contribution in [-0.4, -0.2) is 23.9 Å². The second-order valence-electron chi connectivity index (χ2n) is 6.16. The summed E-state index contributed by atoms with van der Waals surface area (Å²) in [6, 6.07) is 5.91. The first-order valence-corrected chi connectivity index (χ1v) is 8.10. The van der Waals surface area contributed by atoms with Gasteiger partial charge in [-0.1, -0.05) is 22.0 Å². The van der Waals surface area contributed by atoms with Crippen molar-refractivity contribution in [3.05, 3.63) is 28.2 Å². The summed E-state index contributed by atoms with van der Waals surface area (Å²) in [5, 5.41) is 2.96. The van der Waals surface area contributed by atoms with Crippen LogP contribution in [0.1, 0.15) is 31.7 Å². The molecule has 1 saturated carbocycles. The summed E-state index contributed by atoms with van der Waals surface area (Å²) in [5.74, 6) is 0.243. The normalized spacial score (nSPS) is 26.5. The molecule has 2 aliphatic rings. The predicted molar refractivity (Wildman–Crippen MR) is 85.1 cm³/mol. The maximum absolute atomic E-state index is 13.1. The van der Waals surface area contributed by atoms with Gasteiger partial charge in [-0.05, 0) is 50.3 Å². The molecule has 0 radical (unpaired) electrons. The Hall–Kier alpha value is -1.36. The van der Waals surface area contributed by atoms with E-state index in [4.69, 9.17) is 0 Å². The van der Waals surface area contributed by atoms with Gasteiger partial charge in [-0.2, -0.15) is 0 Å². The first-order chi connectivity index (χ1) is 9.91. The van der Waals surface area contributed by atoms with Crippen LogP contribution in [-0.2, 0) is 9.59 Å². The largest absolute Gasteiger partial charge is 0.342 e. The highest BCUT2D eigenvalue weighted by Gasteiger charge is 2.51. The van der Waals surface area contributed by atoms with E-state index in [1.54, 1.807) is 4.90 Å². The van der Waals surface area contributed by atoms with E-state index in [1.165, 1.54) is 0 Å². The van der Waals surface area contributed by atoms with Crippen LogP contribution in [0.3, 0.4) is 0 Å². The van der Waals surface area contributed by atoms with Gasteiger partial charge in [-0.15, -0.1) is 0 Å². The second kappa shape index (κ2) is 5.13. The summed E-state index contributed by atoms with van der Waals surface area (Å²) in [4.78, 5) is 26.8. The Labute approximate surface area is 133 Å². The predicted octanol–water partition coefficient (Wildman–Crippen LogP) is 2.78. The van der Waals surface area contributed by atoms with Gasteiger partial charge in [0, 0.05) is 23.1 Å². The second-order valence-corrected chi connectivity index (χ2v) is 7.08. The van der Waals surface area contributed by atoms with E-state index in [1.807, 2.05) is 32.0 Å². The molecule has 1 saturated heterocycles. The van der Waals surface area contributed by atoms with E-state index < -0.39 is 5.54 Å². The third-order valence-electron chi connectivity index (χ3n) is 4.51. The lowest BCUT2D eigenvalue weighted by Gasteiger charge is -2.33. The molecule has 1 atom stereocenters. The van der Waals surface area contributed by atoms with Gasteiger partial charge in [0.05, 0.1) is 0 Å². The number of carbonyl (C=O) groups excluding carboxylic acids is 2. The first-order valence-electron chi connectivity index (χ1n) is 7.31. The number of halogens is 1. The van der Waals surface area contributed by atoms with Gasteiger partial charge in [0.15, 0.2) is 0 Å². The zero-order chi connectivity index (χ0) is 15.2. The van der Waals surface area contributed by atoms with E-state index in [-0.39, 0.29) is 17.7 Å². The van der Waals surface area contributed by atoms with E-state index in [2.05, 4.69) is 21.2 Å². The van der Waals surface area contributed by atoms with E-state index in [9.17, 15) is 9.59 Å². The summed E-state index contributed by atoms with van der Waals surface area (Å²) in [5.41, 5.74) is 1.17. The van der Waals surface area contributed by atoms with Crippen molar-refractivity contribution in [2.24, 2.45) is 5.92 Å². The van der Waals surface area contributed by atoms with Crippen molar-refractivity contribution < 1.29 is 9.59 Å². The van der Waals surface area contributed by atoms with Crippen LogP contribution in [0.5, 0.6) is 0 Å². The third-order valence-corrected chi connectivity index (χ3v) is 5.00. The quantitative estimate of drug-likeness (QED) is 0.891. The average molecular weight is 351 g/mol. The Morgan fingerprint density at radius 2 is 2.05 bits per heavy atom. The van der Waals surface area contributed by atoms with Gasteiger partial charge in [0.25, 0.3) is 5.91 Å². The monoisotopic (exact) mass is 350 g/mol. The van der Waals surface area contributed by atoms with E-state index in [0.29, 0.717) is 13.0 Å². The smallest absolute Gasteiger partial charge is 0.252 e. The first kappa shape index (κ1) is 14.6. The van der Waals surface area contributed by atoms with Crippen LogP contribution in [0.25, 0.3) is 0 Å². The molecule has 2 fully saturated rings. The molecule has 5 heteroatoms. The van der Waals surface area contributed by atoms with Gasteiger partial charge in [0.2, 0.25) is 5.91 Å². The molecule has 0 spiro atoms. The van der Waals surface area contributed by atoms with Crippen molar-refractivity contribution in [1.29, 1.82) is 0 Å². The Morgan fingerprint density at radius 1 is 1.33 bits per heavy atom. The van der Waals surface area contributed by atoms with Gasteiger partial charge in [-0.25, -0.2) is 0 Å². The maximum Gasteiger partial charge on any atom is 0.252 e. The highest BCUT2D eigenvalue weighted by molar-refractivity contribution is 9.10. The molecule has 112 valence electrons. The summed E-state index contributed by atoms with van der Waals surface area (Å²) in [7, 11) is 0. The van der Waals surface area contributed by atoms with Gasteiger partial charge in [0.1, 0.15) is 5.54 Å². The maximum atomic E-state index is 13.1. The lowest BCUT2D eigenvalue weighted by Crippen LogP contribution is -2.57. The fourth-order valence-corrected chi connectivity index (χ4v) is 3.39. The third kappa shape index (κ3) is 2.59.